The van der Waals surface area contributed by atoms with Crippen molar-refractivity contribution in [2.75, 3.05) is 39.3 Å². The van der Waals surface area contributed by atoms with Crippen LogP contribution in [0, 0.1) is 26.6 Å². The molecular formula is C21H29FN4O2. The number of carbonyl (C=O) groups excluding carboxylic acids is 1. The van der Waals surface area contributed by atoms with E-state index in [2.05, 4.69) is 16.9 Å². The Morgan fingerprint density at radius 3 is 2.36 bits per heavy atom. The van der Waals surface area contributed by atoms with Crippen molar-refractivity contribution in [3.05, 3.63) is 47.0 Å². The number of nitrogens with zero attached hydrogens (tertiary/aromatic N) is 4. The van der Waals surface area contributed by atoms with Gasteiger partial charge in [0.25, 0.3) is 0 Å². The van der Waals surface area contributed by atoms with E-state index in [1.54, 1.807) is 12.1 Å². The summed E-state index contributed by atoms with van der Waals surface area (Å²) in [7, 11) is 0. The van der Waals surface area contributed by atoms with Crippen molar-refractivity contribution in [2.45, 2.75) is 33.7 Å². The minimum Gasteiger partial charge on any atom is -0.492 e. The molecule has 3 rings (SSSR count). The van der Waals surface area contributed by atoms with Crippen molar-refractivity contribution < 1.29 is 13.9 Å². The standard InChI is InChI=1S/C21H29FN4O2/c1-16-17(2)23-26(18(16)3)9-8-21(27)25-12-10-24(11-13-25)14-15-28-20-6-4-19(22)5-7-20/h4-7H,8-15H2,1-3H3. The van der Waals surface area contributed by atoms with Gasteiger partial charge in [-0.2, -0.15) is 5.10 Å². The first kappa shape index (κ1) is 20.3. The Bertz CT molecular complexity index is 795. The zero-order valence-corrected chi connectivity index (χ0v) is 16.9. The Morgan fingerprint density at radius 1 is 1.07 bits per heavy atom. The first-order valence-corrected chi connectivity index (χ1v) is 9.83. The highest BCUT2D eigenvalue weighted by Crippen LogP contribution is 2.13. The normalized spacial score (nSPS) is 15.1. The molecule has 7 heteroatoms. The van der Waals surface area contributed by atoms with E-state index in [0.717, 1.165) is 44.1 Å². The van der Waals surface area contributed by atoms with Gasteiger partial charge in [-0.1, -0.05) is 0 Å². The van der Waals surface area contributed by atoms with Crippen LogP contribution in [0.25, 0.3) is 0 Å². The zero-order valence-electron chi connectivity index (χ0n) is 16.9. The molecule has 1 aliphatic rings. The largest absolute Gasteiger partial charge is 0.492 e. The van der Waals surface area contributed by atoms with Crippen LogP contribution in [0.3, 0.4) is 0 Å². The molecule has 2 aromatic rings. The maximum Gasteiger partial charge on any atom is 0.224 e. The molecule has 6 nitrogen and oxygen atoms in total. The molecule has 1 amide bonds. The Labute approximate surface area is 165 Å². The first-order chi connectivity index (χ1) is 13.4. The number of piperazine rings is 1. The lowest BCUT2D eigenvalue weighted by atomic mass is 10.2. The molecule has 1 aromatic heterocycles. The summed E-state index contributed by atoms with van der Waals surface area (Å²) in [6.07, 6.45) is 0.481. The van der Waals surface area contributed by atoms with Gasteiger partial charge in [0.2, 0.25) is 5.91 Å². The monoisotopic (exact) mass is 388 g/mol. The van der Waals surface area contributed by atoms with Crippen molar-refractivity contribution in [1.82, 2.24) is 19.6 Å². The van der Waals surface area contributed by atoms with Crippen LogP contribution in [-0.4, -0.2) is 64.8 Å². The van der Waals surface area contributed by atoms with Gasteiger partial charge in [0, 0.05) is 51.4 Å². The number of halogens is 1. The molecule has 1 fully saturated rings. The topological polar surface area (TPSA) is 50.6 Å². The molecule has 0 radical (unpaired) electrons. The minimum absolute atomic E-state index is 0.187. The third-order valence-electron chi connectivity index (χ3n) is 5.50. The Hall–Kier alpha value is -2.41. The number of carbonyl (C=O) groups is 1. The summed E-state index contributed by atoms with van der Waals surface area (Å²) in [4.78, 5) is 16.7. The van der Waals surface area contributed by atoms with Crippen LogP contribution >= 0.6 is 0 Å². The van der Waals surface area contributed by atoms with Gasteiger partial charge in [0.15, 0.2) is 0 Å². The molecule has 0 aliphatic carbocycles. The summed E-state index contributed by atoms with van der Waals surface area (Å²) >= 11 is 0. The van der Waals surface area contributed by atoms with Gasteiger partial charge >= 0.3 is 0 Å². The molecule has 0 unspecified atom stereocenters. The van der Waals surface area contributed by atoms with E-state index in [1.807, 2.05) is 23.4 Å². The van der Waals surface area contributed by atoms with Crippen LogP contribution in [0.2, 0.25) is 0 Å². The van der Waals surface area contributed by atoms with E-state index in [1.165, 1.54) is 17.7 Å². The van der Waals surface area contributed by atoms with Gasteiger partial charge < -0.3 is 9.64 Å². The Kier molecular flexibility index (Phi) is 6.67. The van der Waals surface area contributed by atoms with Crippen LogP contribution in [0.5, 0.6) is 5.75 Å². The highest BCUT2D eigenvalue weighted by molar-refractivity contribution is 5.76. The predicted octanol–water partition coefficient (Wildman–Crippen LogP) is 2.56. The highest BCUT2D eigenvalue weighted by atomic mass is 19.1. The van der Waals surface area contributed by atoms with E-state index in [9.17, 15) is 9.18 Å². The molecular weight excluding hydrogens is 359 g/mol. The number of aryl methyl sites for hydroxylation is 2. The van der Waals surface area contributed by atoms with Gasteiger partial charge in [-0.3, -0.25) is 14.4 Å². The van der Waals surface area contributed by atoms with Gasteiger partial charge in [-0.05, 0) is 50.6 Å². The van der Waals surface area contributed by atoms with Crippen molar-refractivity contribution in [3.63, 3.8) is 0 Å². The second kappa shape index (κ2) is 9.19. The number of amides is 1. The summed E-state index contributed by atoms with van der Waals surface area (Å²) < 4.78 is 20.5. The molecule has 0 bridgehead atoms. The molecule has 0 N–H and O–H groups in total. The lowest BCUT2D eigenvalue weighted by molar-refractivity contribution is -0.133. The number of hydrogen-bond acceptors (Lipinski definition) is 4. The van der Waals surface area contributed by atoms with E-state index >= 15 is 0 Å². The Balaban J connectivity index is 1.36. The number of rotatable bonds is 7. The molecule has 0 atom stereocenters. The van der Waals surface area contributed by atoms with Crippen molar-refractivity contribution >= 4 is 5.91 Å². The SMILES string of the molecule is Cc1nn(CCC(=O)N2CCN(CCOc3ccc(F)cc3)CC2)c(C)c1C. The average Bonchev–Trinajstić information content (AvgIpc) is 2.95. The highest BCUT2D eigenvalue weighted by Gasteiger charge is 2.21. The summed E-state index contributed by atoms with van der Waals surface area (Å²) in [5, 5.41) is 4.51. The van der Waals surface area contributed by atoms with E-state index in [4.69, 9.17) is 4.74 Å². The molecule has 2 heterocycles. The van der Waals surface area contributed by atoms with Crippen molar-refractivity contribution in [2.24, 2.45) is 0 Å². The minimum atomic E-state index is -0.263. The quantitative estimate of drug-likeness (QED) is 0.732. The van der Waals surface area contributed by atoms with Crippen LogP contribution in [0.4, 0.5) is 4.39 Å². The van der Waals surface area contributed by atoms with E-state index in [-0.39, 0.29) is 11.7 Å². The molecule has 1 aromatic carbocycles. The second-order valence-electron chi connectivity index (χ2n) is 7.29. The average molecular weight is 388 g/mol. The summed E-state index contributed by atoms with van der Waals surface area (Å²) in [5.41, 5.74) is 3.36. The summed E-state index contributed by atoms with van der Waals surface area (Å²) in [6, 6.07) is 6.06. The molecule has 1 aliphatic heterocycles. The Morgan fingerprint density at radius 2 is 1.75 bits per heavy atom. The van der Waals surface area contributed by atoms with Crippen LogP contribution in [0.15, 0.2) is 24.3 Å². The summed E-state index contributed by atoms with van der Waals surface area (Å²) in [5.74, 6) is 0.600. The molecule has 28 heavy (non-hydrogen) atoms. The molecule has 0 saturated carbocycles. The van der Waals surface area contributed by atoms with Crippen LogP contribution in [-0.2, 0) is 11.3 Å². The lowest BCUT2D eigenvalue weighted by Crippen LogP contribution is -2.49. The number of hydrogen-bond donors (Lipinski definition) is 0. The van der Waals surface area contributed by atoms with Crippen LogP contribution in [0.1, 0.15) is 23.4 Å². The third-order valence-corrected chi connectivity index (χ3v) is 5.50. The van der Waals surface area contributed by atoms with E-state index in [0.29, 0.717) is 25.3 Å². The first-order valence-electron chi connectivity index (χ1n) is 9.83. The van der Waals surface area contributed by atoms with Crippen molar-refractivity contribution in [3.8, 4) is 5.75 Å². The maximum absolute atomic E-state index is 12.9. The van der Waals surface area contributed by atoms with Gasteiger partial charge in [-0.15, -0.1) is 0 Å². The molecule has 152 valence electrons. The number of aromatic nitrogens is 2. The smallest absolute Gasteiger partial charge is 0.224 e. The number of ether oxygens (including phenoxy) is 1. The second-order valence-corrected chi connectivity index (χ2v) is 7.29. The molecule has 1 saturated heterocycles. The fourth-order valence-electron chi connectivity index (χ4n) is 3.41. The lowest BCUT2D eigenvalue weighted by Gasteiger charge is -2.34. The third kappa shape index (κ3) is 5.10. The fraction of sp³-hybridized carbons (Fsp3) is 0.524. The van der Waals surface area contributed by atoms with Gasteiger partial charge in [0.1, 0.15) is 18.2 Å². The molecule has 0 spiro atoms. The van der Waals surface area contributed by atoms with Gasteiger partial charge in [-0.25, -0.2) is 4.39 Å². The number of benzene rings is 1. The van der Waals surface area contributed by atoms with E-state index < -0.39 is 0 Å². The van der Waals surface area contributed by atoms with Crippen LogP contribution < -0.4 is 4.74 Å². The fourth-order valence-corrected chi connectivity index (χ4v) is 3.41. The maximum atomic E-state index is 12.9. The van der Waals surface area contributed by atoms with Crippen molar-refractivity contribution in [1.29, 1.82) is 0 Å². The predicted molar refractivity (Wildman–Crippen MR) is 106 cm³/mol. The van der Waals surface area contributed by atoms with Gasteiger partial charge in [0.05, 0.1) is 5.69 Å². The zero-order chi connectivity index (χ0) is 20.1. The summed E-state index contributed by atoms with van der Waals surface area (Å²) in [6.45, 7) is 11.3.